The first-order chi connectivity index (χ1) is 41.1. The zero-order valence-electron chi connectivity index (χ0n) is 50.2. The minimum atomic E-state index is -0.106. The molecule has 85 heavy (non-hydrogen) atoms. The molecule has 1 aromatic heterocycles. The molecule has 2 aliphatic rings. The third-order valence-corrected chi connectivity index (χ3v) is 18.7. The summed E-state index contributed by atoms with van der Waals surface area (Å²) in [6.07, 6.45) is 0. The molecule has 0 bridgehead atoms. The maximum Gasteiger partial charge on any atom is 0.264 e. The maximum absolute atomic E-state index is 2.64. The van der Waals surface area contributed by atoms with Crippen molar-refractivity contribution in [1.82, 2.24) is 0 Å². The van der Waals surface area contributed by atoms with Gasteiger partial charge in [-0.15, -0.1) is 11.3 Å². The molecule has 0 atom stereocenters. The smallest absolute Gasteiger partial charge is 0.264 e. The van der Waals surface area contributed by atoms with Crippen LogP contribution in [0.4, 0.5) is 51.2 Å². The molecule has 0 saturated heterocycles. The van der Waals surface area contributed by atoms with Crippen LogP contribution in [-0.2, 0) is 16.2 Å². The molecule has 0 saturated carbocycles. The number of fused-ring (bicyclic) bond motifs is 6. The summed E-state index contributed by atoms with van der Waals surface area (Å²) < 4.78 is 2.63. The maximum atomic E-state index is 2.64. The van der Waals surface area contributed by atoms with Crippen molar-refractivity contribution in [3.8, 4) is 44.5 Å². The number of hydrogen-bond donors (Lipinski definition) is 0. The van der Waals surface area contributed by atoms with Gasteiger partial charge in [0, 0.05) is 60.1 Å². The highest BCUT2D eigenvalue weighted by molar-refractivity contribution is 7.33. The van der Waals surface area contributed by atoms with Gasteiger partial charge in [0.15, 0.2) is 0 Å². The summed E-state index contributed by atoms with van der Waals surface area (Å²) >= 11 is 1.96. The van der Waals surface area contributed by atoms with E-state index in [0.29, 0.717) is 0 Å². The molecule has 5 heteroatoms. The van der Waals surface area contributed by atoms with E-state index in [4.69, 9.17) is 0 Å². The van der Waals surface area contributed by atoms with Crippen molar-refractivity contribution in [2.75, 3.05) is 14.7 Å². The summed E-state index contributed by atoms with van der Waals surface area (Å²) in [5.41, 5.74) is 26.0. The largest absolute Gasteiger partial charge is 0.311 e. The molecule has 0 N–H and O–H groups in total. The monoisotopic (exact) mass is 1120 g/mol. The van der Waals surface area contributed by atoms with Crippen LogP contribution in [0.1, 0.15) is 79.0 Å². The summed E-state index contributed by atoms with van der Waals surface area (Å²) in [6.45, 7) is 20.8. The van der Waals surface area contributed by atoms with Crippen LogP contribution < -0.4 is 30.4 Å². The van der Waals surface area contributed by atoms with E-state index in [1.807, 2.05) is 11.3 Å². The van der Waals surface area contributed by atoms with Gasteiger partial charge in [-0.2, -0.15) is 0 Å². The Hall–Kier alpha value is -9.16. The lowest BCUT2D eigenvalue weighted by Gasteiger charge is -2.44. The molecular formula is C80H70BN3S. The average molecular weight is 1120 g/mol. The molecule has 3 nitrogen and oxygen atoms in total. The second-order valence-electron chi connectivity index (χ2n) is 26.2. The van der Waals surface area contributed by atoms with Crippen molar-refractivity contribution < 1.29 is 0 Å². The van der Waals surface area contributed by atoms with E-state index in [-0.39, 0.29) is 23.0 Å². The minimum Gasteiger partial charge on any atom is -0.311 e. The van der Waals surface area contributed by atoms with Crippen LogP contribution in [0.5, 0.6) is 0 Å². The molecule has 14 rings (SSSR count). The molecule has 0 radical (unpaired) electrons. The van der Waals surface area contributed by atoms with Crippen LogP contribution in [0.2, 0.25) is 0 Å². The van der Waals surface area contributed by atoms with Crippen molar-refractivity contribution in [1.29, 1.82) is 0 Å². The van der Waals surface area contributed by atoms with Crippen molar-refractivity contribution in [3.63, 3.8) is 0 Å². The summed E-state index contributed by atoms with van der Waals surface area (Å²) in [5, 5.41) is 1.28. The van der Waals surface area contributed by atoms with Crippen molar-refractivity contribution >= 4 is 95.0 Å². The molecule has 11 aromatic carbocycles. The number of nitrogens with zero attached hydrogens (tertiary/aromatic N) is 3. The molecular weight excluding hydrogens is 1050 g/mol. The van der Waals surface area contributed by atoms with E-state index in [9.17, 15) is 0 Å². The van der Waals surface area contributed by atoms with Crippen LogP contribution >= 0.6 is 11.3 Å². The molecule has 414 valence electrons. The van der Waals surface area contributed by atoms with Gasteiger partial charge in [0.05, 0.1) is 17.1 Å². The van der Waals surface area contributed by atoms with Gasteiger partial charge in [-0.05, 0) is 156 Å². The first-order valence-corrected chi connectivity index (χ1v) is 30.8. The standard InChI is InChI=1S/C80H70BN3S/c1-78(2,3)59-36-42-62(43-37-59)82(69-33-23-22-32-65(69)56-28-18-12-19-29-56)64-44-45-68-71(52-64)84(70-46-38-60(79(4,5)6)50-66(70)57-30-20-13-21-31-57)73-49-58(54-26-16-11-17-27-54)48-72-75(73)81(68)77-76(67-51-61(80(7,8)9)39-47-74(67)85-77)83(72)63-40-34-55(35-41-63)53-24-14-10-15-25-53/h10-52H,1-9H3. The number of anilines is 9. The van der Waals surface area contributed by atoms with Gasteiger partial charge in [-0.3, -0.25) is 0 Å². The molecule has 0 spiro atoms. The second kappa shape index (κ2) is 20.9. The average Bonchev–Trinajstić information content (AvgIpc) is 1.85. The second-order valence-corrected chi connectivity index (χ2v) is 27.3. The highest BCUT2D eigenvalue weighted by atomic mass is 32.1. The third-order valence-electron chi connectivity index (χ3n) is 17.5. The number of hydrogen-bond acceptors (Lipinski definition) is 4. The summed E-state index contributed by atoms with van der Waals surface area (Å²) in [6, 6.07) is 98.1. The van der Waals surface area contributed by atoms with Gasteiger partial charge in [0.2, 0.25) is 0 Å². The SMILES string of the molecule is CC(C)(C)c1ccc(N(c2ccc3c(c2)N(c2ccc(C(C)(C)C)cc2-c2ccccc2)c2cc(-c4ccccc4)cc4c2B3c2sc3ccc(C(C)(C)C)cc3c2N4c2ccc(-c3ccccc3)cc2)c2ccccc2-c2ccccc2)cc1. The number of para-hydroxylation sites is 1. The fourth-order valence-electron chi connectivity index (χ4n) is 12.9. The number of benzene rings is 11. The summed E-state index contributed by atoms with van der Waals surface area (Å²) in [4.78, 5) is 7.76. The van der Waals surface area contributed by atoms with E-state index in [1.54, 1.807) is 0 Å². The van der Waals surface area contributed by atoms with E-state index < -0.39 is 0 Å². The number of rotatable bonds is 9. The van der Waals surface area contributed by atoms with Crippen LogP contribution in [0, 0.1) is 0 Å². The Morgan fingerprint density at radius 2 is 0.847 bits per heavy atom. The highest BCUT2D eigenvalue weighted by Gasteiger charge is 2.46. The molecule has 0 aliphatic carbocycles. The topological polar surface area (TPSA) is 9.72 Å². The van der Waals surface area contributed by atoms with Gasteiger partial charge in [0.1, 0.15) is 0 Å². The van der Waals surface area contributed by atoms with Crippen molar-refractivity contribution in [3.05, 3.63) is 278 Å². The highest BCUT2D eigenvalue weighted by Crippen LogP contribution is 2.53. The first-order valence-electron chi connectivity index (χ1n) is 30.0. The molecule has 12 aromatic rings. The molecule has 2 aliphatic heterocycles. The Bertz CT molecular complexity index is 4450. The Morgan fingerprint density at radius 3 is 1.46 bits per heavy atom. The van der Waals surface area contributed by atoms with Gasteiger partial charge in [0.25, 0.3) is 6.71 Å². The van der Waals surface area contributed by atoms with Crippen LogP contribution in [0.25, 0.3) is 54.6 Å². The summed E-state index contributed by atoms with van der Waals surface area (Å²) in [7, 11) is 0. The fourth-order valence-corrected chi connectivity index (χ4v) is 14.2. The van der Waals surface area contributed by atoms with Crippen molar-refractivity contribution in [2.24, 2.45) is 0 Å². The lowest BCUT2D eigenvalue weighted by Crippen LogP contribution is -2.60. The third kappa shape index (κ3) is 9.65. The predicted molar refractivity (Wildman–Crippen MR) is 368 cm³/mol. The summed E-state index contributed by atoms with van der Waals surface area (Å²) in [5.74, 6) is 0. The van der Waals surface area contributed by atoms with Gasteiger partial charge in [-0.1, -0.05) is 244 Å². The van der Waals surface area contributed by atoms with Gasteiger partial charge in [-0.25, -0.2) is 0 Å². The quantitative estimate of drug-likeness (QED) is 0.133. The Labute approximate surface area is 507 Å². The molecule has 0 fully saturated rings. The van der Waals surface area contributed by atoms with Crippen LogP contribution in [0.15, 0.2) is 261 Å². The Balaban J connectivity index is 1.11. The zero-order chi connectivity index (χ0) is 58.4. The first kappa shape index (κ1) is 53.8. The Kier molecular flexibility index (Phi) is 13.2. The van der Waals surface area contributed by atoms with E-state index >= 15 is 0 Å². The predicted octanol–water partition coefficient (Wildman–Crippen LogP) is 21.0. The van der Waals surface area contributed by atoms with Gasteiger partial charge < -0.3 is 14.7 Å². The van der Waals surface area contributed by atoms with Crippen LogP contribution in [-0.4, -0.2) is 6.71 Å². The molecule has 0 unspecified atom stereocenters. The van der Waals surface area contributed by atoms with E-state index in [1.165, 1.54) is 92.9 Å². The molecule has 3 heterocycles. The van der Waals surface area contributed by atoms with E-state index in [0.717, 1.165) is 45.3 Å². The molecule has 0 amide bonds. The fraction of sp³-hybridized carbons (Fsp3) is 0.150. The minimum absolute atomic E-state index is 0.0115. The number of thiophene rings is 1. The zero-order valence-corrected chi connectivity index (χ0v) is 51.0. The van der Waals surface area contributed by atoms with Crippen LogP contribution in [0.3, 0.4) is 0 Å². The van der Waals surface area contributed by atoms with E-state index in [2.05, 4.69) is 338 Å². The lowest BCUT2D eigenvalue weighted by molar-refractivity contribution is 0.590. The van der Waals surface area contributed by atoms with Gasteiger partial charge >= 0.3 is 0 Å². The van der Waals surface area contributed by atoms with Crippen molar-refractivity contribution in [2.45, 2.75) is 78.6 Å². The Morgan fingerprint density at radius 1 is 0.353 bits per heavy atom. The normalized spacial score (nSPS) is 12.9. The lowest BCUT2D eigenvalue weighted by atomic mass is 9.36.